The Labute approximate surface area is 212 Å². The molecule has 7 nitrogen and oxygen atoms in total. The third-order valence-corrected chi connectivity index (χ3v) is 7.98. The zero-order valence-corrected chi connectivity index (χ0v) is 21.4. The number of carbonyl (C=O) groups excluding carboxylic acids is 1. The predicted molar refractivity (Wildman–Crippen MR) is 132 cm³/mol. The Bertz CT molecular complexity index is 1130. The van der Waals surface area contributed by atoms with E-state index in [2.05, 4.69) is 5.32 Å². The van der Waals surface area contributed by atoms with Crippen LogP contribution >= 0.6 is 0 Å². The van der Waals surface area contributed by atoms with Crippen molar-refractivity contribution in [1.29, 1.82) is 0 Å². The van der Waals surface area contributed by atoms with Gasteiger partial charge in [0.15, 0.2) is 11.6 Å². The topological polar surface area (TPSA) is 95.9 Å². The summed E-state index contributed by atoms with van der Waals surface area (Å²) in [5.74, 6) is -2.62. The van der Waals surface area contributed by atoms with Crippen LogP contribution in [0.15, 0.2) is 47.4 Å². The van der Waals surface area contributed by atoms with Crippen molar-refractivity contribution in [2.75, 3.05) is 13.2 Å². The van der Waals surface area contributed by atoms with Gasteiger partial charge in [-0.1, -0.05) is 19.9 Å². The van der Waals surface area contributed by atoms with Crippen molar-refractivity contribution in [2.45, 2.75) is 63.4 Å². The maximum Gasteiger partial charge on any atom is 0.335 e. The first-order valence-corrected chi connectivity index (χ1v) is 13.0. The fourth-order valence-corrected chi connectivity index (χ4v) is 5.56. The van der Waals surface area contributed by atoms with Crippen molar-refractivity contribution in [3.8, 4) is 5.75 Å². The largest absolute Gasteiger partial charge is 0.491 e. The number of carboxylic acids is 1. The molecule has 1 fully saturated rings. The summed E-state index contributed by atoms with van der Waals surface area (Å²) in [4.78, 5) is 24.6. The molecule has 1 heterocycles. The molecule has 0 spiro atoms. The molecule has 36 heavy (non-hydrogen) atoms. The highest BCUT2D eigenvalue weighted by Gasteiger charge is 2.34. The number of halogens is 2. The van der Waals surface area contributed by atoms with Gasteiger partial charge in [0, 0.05) is 30.1 Å². The van der Waals surface area contributed by atoms with Gasteiger partial charge in [-0.25, -0.2) is 22.1 Å². The Hall–Kier alpha value is -2.85. The molecule has 0 aliphatic carbocycles. The maximum atomic E-state index is 13.7. The molecule has 1 aliphatic heterocycles. The molecule has 1 saturated heterocycles. The van der Waals surface area contributed by atoms with E-state index in [-0.39, 0.29) is 35.9 Å². The Morgan fingerprint density at radius 1 is 1.22 bits per heavy atom. The second-order valence-corrected chi connectivity index (χ2v) is 11.1. The van der Waals surface area contributed by atoms with Crippen LogP contribution in [0.4, 0.5) is 8.78 Å². The maximum absolute atomic E-state index is 13.7. The first-order valence-electron chi connectivity index (χ1n) is 11.9. The van der Waals surface area contributed by atoms with E-state index in [1.54, 1.807) is 12.1 Å². The fourth-order valence-electron chi connectivity index (χ4n) is 4.18. The van der Waals surface area contributed by atoms with Crippen LogP contribution in [0.3, 0.4) is 0 Å². The van der Waals surface area contributed by atoms with E-state index in [4.69, 9.17) is 4.74 Å². The summed E-state index contributed by atoms with van der Waals surface area (Å²) >= 11 is 0. The van der Waals surface area contributed by atoms with Crippen LogP contribution in [-0.4, -0.2) is 50.7 Å². The zero-order valence-electron chi connectivity index (χ0n) is 20.6. The smallest absolute Gasteiger partial charge is 0.335 e. The van der Waals surface area contributed by atoms with E-state index in [0.29, 0.717) is 37.1 Å². The molecule has 196 valence electrons. The van der Waals surface area contributed by atoms with E-state index in [1.807, 2.05) is 25.1 Å². The molecule has 2 aromatic carbocycles. The number of carbonyl (C=O) groups is 2. The van der Waals surface area contributed by atoms with Crippen LogP contribution < -0.4 is 10.1 Å². The lowest BCUT2D eigenvalue weighted by atomic mass is 9.86. The lowest BCUT2D eigenvalue weighted by Gasteiger charge is -2.38. The molecule has 3 atom stereocenters. The van der Waals surface area contributed by atoms with Crippen molar-refractivity contribution in [1.82, 2.24) is 9.62 Å². The van der Waals surface area contributed by atoms with Crippen molar-refractivity contribution < 1.29 is 32.4 Å². The van der Waals surface area contributed by atoms with Gasteiger partial charge in [-0.3, -0.25) is 4.79 Å². The van der Waals surface area contributed by atoms with Gasteiger partial charge < -0.3 is 15.2 Å². The summed E-state index contributed by atoms with van der Waals surface area (Å²) in [6, 6.07) is 9.10. The molecule has 0 aromatic heterocycles. The average molecular weight is 523 g/mol. The number of nitrogens with zero attached hydrogens (tertiary/aromatic N) is 1. The molecular weight excluding hydrogens is 490 g/mol. The van der Waals surface area contributed by atoms with Crippen LogP contribution in [0, 0.1) is 17.0 Å². The SMILES string of the molecule is C[C@@H]1CC(NC(=O)C(C)(C)CCCOc2ccc(F)cc2F)CCN1S(=O)c1cccc(C(=O)O)c1. The zero-order chi connectivity index (χ0) is 26.5. The summed E-state index contributed by atoms with van der Waals surface area (Å²) < 4.78 is 46.9. The summed E-state index contributed by atoms with van der Waals surface area (Å²) in [5.41, 5.74) is -0.586. The van der Waals surface area contributed by atoms with Gasteiger partial charge in [-0.05, 0) is 62.9 Å². The highest BCUT2D eigenvalue weighted by molar-refractivity contribution is 7.82. The third kappa shape index (κ3) is 7.10. The third-order valence-electron chi connectivity index (χ3n) is 6.36. The van der Waals surface area contributed by atoms with E-state index in [0.717, 1.165) is 12.1 Å². The van der Waals surface area contributed by atoms with E-state index in [9.17, 15) is 27.7 Å². The van der Waals surface area contributed by atoms with Crippen LogP contribution in [0.25, 0.3) is 0 Å². The second kappa shape index (κ2) is 11.9. The van der Waals surface area contributed by atoms with Gasteiger partial charge >= 0.3 is 5.97 Å². The second-order valence-electron chi connectivity index (χ2n) is 9.68. The highest BCUT2D eigenvalue weighted by atomic mass is 32.2. The number of piperidine rings is 1. The minimum Gasteiger partial charge on any atom is -0.491 e. The molecule has 2 N–H and O–H groups in total. The van der Waals surface area contributed by atoms with E-state index >= 15 is 0 Å². The molecule has 2 unspecified atom stereocenters. The highest BCUT2D eigenvalue weighted by Crippen LogP contribution is 2.27. The monoisotopic (exact) mass is 522 g/mol. The minimum atomic E-state index is -1.50. The van der Waals surface area contributed by atoms with Crippen molar-refractivity contribution >= 4 is 22.9 Å². The number of amides is 1. The van der Waals surface area contributed by atoms with Crippen molar-refractivity contribution in [3.05, 3.63) is 59.7 Å². The molecule has 2 aromatic rings. The van der Waals surface area contributed by atoms with E-state index < -0.39 is 34.0 Å². The molecular formula is C26H32F2N2O5S. The number of nitrogens with one attached hydrogen (secondary N) is 1. The molecule has 1 amide bonds. The number of carboxylic acid groups (broad SMARTS) is 1. The standard InChI is InChI=1S/C26H32F2N2O5S/c1-17-14-20(10-12-30(17)36(34)21-7-4-6-18(15-21)24(31)32)29-25(33)26(2,3)11-5-13-35-23-9-8-19(27)16-22(23)28/h4,6-9,15-17,20H,5,10-14H2,1-3H3,(H,29,33)(H,31,32)/t17-,20?,36?/m1/s1. The van der Waals surface area contributed by atoms with Gasteiger partial charge in [0.05, 0.1) is 17.1 Å². The lowest BCUT2D eigenvalue weighted by molar-refractivity contribution is -0.130. The summed E-state index contributed by atoms with van der Waals surface area (Å²) in [7, 11) is -1.50. The number of hydrogen-bond acceptors (Lipinski definition) is 4. The van der Waals surface area contributed by atoms with E-state index in [1.165, 1.54) is 18.2 Å². The van der Waals surface area contributed by atoms with Gasteiger partial charge in [-0.15, -0.1) is 0 Å². The number of benzene rings is 2. The number of aromatic carboxylic acids is 1. The summed E-state index contributed by atoms with van der Waals surface area (Å²) in [6.07, 6.45) is 2.25. The quantitative estimate of drug-likeness (QED) is 0.447. The minimum absolute atomic E-state index is 0.0218. The summed E-state index contributed by atoms with van der Waals surface area (Å²) in [5, 5.41) is 12.3. The van der Waals surface area contributed by atoms with Gasteiger partial charge in [-0.2, -0.15) is 0 Å². The molecule has 1 aliphatic rings. The molecule has 0 radical (unpaired) electrons. The molecule has 0 bridgehead atoms. The Balaban J connectivity index is 1.48. The van der Waals surface area contributed by atoms with Crippen LogP contribution in [0.1, 0.15) is 56.8 Å². The average Bonchev–Trinajstić information content (AvgIpc) is 2.82. The Morgan fingerprint density at radius 3 is 2.64 bits per heavy atom. The Morgan fingerprint density at radius 2 is 1.97 bits per heavy atom. The first-order chi connectivity index (χ1) is 17.0. The lowest BCUT2D eigenvalue weighted by Crippen LogP contribution is -2.51. The first kappa shape index (κ1) is 27.7. The number of ether oxygens (including phenoxy) is 1. The molecule has 10 heteroatoms. The van der Waals surface area contributed by atoms with Gasteiger partial charge in [0.25, 0.3) is 0 Å². The van der Waals surface area contributed by atoms with Gasteiger partial charge in [0.2, 0.25) is 5.91 Å². The van der Waals surface area contributed by atoms with Crippen LogP contribution in [-0.2, 0) is 15.8 Å². The van der Waals surface area contributed by atoms with Crippen molar-refractivity contribution in [2.24, 2.45) is 5.41 Å². The van der Waals surface area contributed by atoms with Crippen molar-refractivity contribution in [3.63, 3.8) is 0 Å². The van der Waals surface area contributed by atoms with Crippen LogP contribution in [0.2, 0.25) is 0 Å². The predicted octanol–water partition coefficient (Wildman–Crippen LogP) is 4.54. The summed E-state index contributed by atoms with van der Waals surface area (Å²) in [6.45, 7) is 6.30. The number of rotatable bonds is 10. The molecule has 0 saturated carbocycles. The normalized spacial score (nSPS) is 19.5. The number of hydrogen-bond donors (Lipinski definition) is 2. The van der Waals surface area contributed by atoms with Crippen LogP contribution in [0.5, 0.6) is 5.75 Å². The molecule has 3 rings (SSSR count). The van der Waals surface area contributed by atoms with Gasteiger partial charge in [0.1, 0.15) is 16.8 Å². The Kier molecular flexibility index (Phi) is 9.19. The fraction of sp³-hybridized carbons (Fsp3) is 0.462.